The molecule has 2 fully saturated rings. The van der Waals surface area contributed by atoms with E-state index in [1.165, 1.54) is 51.4 Å². The van der Waals surface area contributed by atoms with E-state index >= 15 is 4.39 Å². The summed E-state index contributed by atoms with van der Waals surface area (Å²) in [4.78, 5) is 0. The van der Waals surface area contributed by atoms with E-state index in [0.29, 0.717) is 12.0 Å². The smallest absolute Gasteiger partial charge is 0.134 e. The van der Waals surface area contributed by atoms with E-state index in [2.05, 4.69) is 19.2 Å². The van der Waals surface area contributed by atoms with Crippen molar-refractivity contribution in [3.05, 3.63) is 67.0 Å². The van der Waals surface area contributed by atoms with Crippen molar-refractivity contribution in [3.63, 3.8) is 0 Å². The second-order valence-corrected chi connectivity index (χ2v) is 9.75. The van der Waals surface area contributed by atoms with E-state index in [0.717, 1.165) is 53.2 Å². The standard InChI is InChI=1S/C29H37FO/c1-3-19-31-27-17-18-28-26(20-27)16-15-25(29(28)30)14-9-22-7-12-24(13-8-22)23-10-5-21(4-2)6-11-23/h3-4,15-18,20-24H,1-2,5-14,19H2. The Labute approximate surface area is 187 Å². The Morgan fingerprint density at radius 2 is 1.61 bits per heavy atom. The molecule has 4 rings (SSSR count). The summed E-state index contributed by atoms with van der Waals surface area (Å²) in [5.41, 5.74) is 0.858. The van der Waals surface area contributed by atoms with Gasteiger partial charge in [-0.3, -0.25) is 0 Å². The minimum atomic E-state index is -0.0552. The Morgan fingerprint density at radius 1 is 0.903 bits per heavy atom. The molecule has 0 bridgehead atoms. The Kier molecular flexibility index (Phi) is 7.48. The van der Waals surface area contributed by atoms with Crippen molar-refractivity contribution in [2.75, 3.05) is 6.61 Å². The van der Waals surface area contributed by atoms with Crippen molar-refractivity contribution in [1.82, 2.24) is 0 Å². The normalized spacial score (nSPS) is 26.5. The predicted octanol–water partition coefficient (Wildman–Crippen LogP) is 8.28. The molecule has 0 aromatic heterocycles. The molecule has 0 amide bonds. The highest BCUT2D eigenvalue weighted by molar-refractivity contribution is 5.85. The van der Waals surface area contributed by atoms with Crippen molar-refractivity contribution in [1.29, 1.82) is 0 Å². The summed E-state index contributed by atoms with van der Waals surface area (Å²) in [6, 6.07) is 9.61. The molecule has 166 valence electrons. The third-order valence-electron chi connectivity index (χ3n) is 7.90. The van der Waals surface area contributed by atoms with Crippen LogP contribution in [0.1, 0.15) is 63.4 Å². The van der Waals surface area contributed by atoms with E-state index in [-0.39, 0.29) is 5.82 Å². The zero-order valence-corrected chi connectivity index (χ0v) is 18.8. The number of rotatable bonds is 8. The lowest BCUT2D eigenvalue weighted by Crippen LogP contribution is -2.25. The number of allylic oxidation sites excluding steroid dienone is 1. The van der Waals surface area contributed by atoms with Gasteiger partial charge in [0, 0.05) is 5.39 Å². The maximum Gasteiger partial charge on any atom is 0.134 e. The number of hydrogen-bond donors (Lipinski definition) is 0. The van der Waals surface area contributed by atoms with Gasteiger partial charge in [-0.1, -0.05) is 43.7 Å². The van der Waals surface area contributed by atoms with E-state index < -0.39 is 0 Å². The fourth-order valence-corrected chi connectivity index (χ4v) is 5.91. The number of hydrogen-bond acceptors (Lipinski definition) is 1. The van der Waals surface area contributed by atoms with Crippen LogP contribution in [0.3, 0.4) is 0 Å². The van der Waals surface area contributed by atoms with Crippen LogP contribution in [0.5, 0.6) is 5.75 Å². The van der Waals surface area contributed by atoms with Crippen molar-refractivity contribution in [3.8, 4) is 5.75 Å². The Hall–Kier alpha value is -2.09. The molecule has 2 aliphatic carbocycles. The van der Waals surface area contributed by atoms with Gasteiger partial charge in [0.05, 0.1) is 0 Å². The largest absolute Gasteiger partial charge is 0.490 e. The predicted molar refractivity (Wildman–Crippen MR) is 129 cm³/mol. The molecular formula is C29H37FO. The minimum absolute atomic E-state index is 0.0552. The van der Waals surface area contributed by atoms with Crippen LogP contribution in [-0.4, -0.2) is 6.61 Å². The molecule has 0 radical (unpaired) electrons. The van der Waals surface area contributed by atoms with E-state index in [4.69, 9.17) is 4.74 Å². The average Bonchev–Trinajstić information content (AvgIpc) is 2.82. The summed E-state index contributed by atoms with van der Waals surface area (Å²) in [5, 5.41) is 1.59. The highest BCUT2D eigenvalue weighted by Gasteiger charge is 2.30. The summed E-state index contributed by atoms with van der Waals surface area (Å²) in [7, 11) is 0. The van der Waals surface area contributed by atoms with Gasteiger partial charge in [-0.05, 0) is 104 Å². The molecule has 2 aliphatic rings. The van der Waals surface area contributed by atoms with Crippen LogP contribution in [-0.2, 0) is 6.42 Å². The van der Waals surface area contributed by atoms with Gasteiger partial charge >= 0.3 is 0 Å². The van der Waals surface area contributed by atoms with Gasteiger partial charge in [0.1, 0.15) is 18.2 Å². The number of benzene rings is 2. The van der Waals surface area contributed by atoms with E-state index in [1.54, 1.807) is 6.08 Å². The van der Waals surface area contributed by atoms with Crippen LogP contribution in [0.2, 0.25) is 0 Å². The molecule has 0 N–H and O–H groups in total. The molecule has 2 saturated carbocycles. The zero-order chi connectivity index (χ0) is 21.6. The van der Waals surface area contributed by atoms with E-state index in [9.17, 15) is 0 Å². The molecule has 1 nitrogen and oxygen atoms in total. The van der Waals surface area contributed by atoms with Crippen LogP contribution < -0.4 is 4.74 Å². The summed E-state index contributed by atoms with van der Waals surface area (Å²) in [6.45, 7) is 8.11. The van der Waals surface area contributed by atoms with Crippen molar-refractivity contribution in [2.24, 2.45) is 23.7 Å². The number of ether oxygens (including phenoxy) is 1. The Balaban J connectivity index is 1.29. The second kappa shape index (κ2) is 10.5. The van der Waals surface area contributed by atoms with Crippen molar-refractivity contribution >= 4 is 10.8 Å². The third kappa shape index (κ3) is 5.40. The van der Waals surface area contributed by atoms with Crippen LogP contribution in [0.25, 0.3) is 10.8 Å². The van der Waals surface area contributed by atoms with Gasteiger partial charge in [-0.25, -0.2) is 4.39 Å². The molecule has 0 spiro atoms. The Morgan fingerprint density at radius 3 is 2.29 bits per heavy atom. The molecule has 0 saturated heterocycles. The lowest BCUT2D eigenvalue weighted by Gasteiger charge is -2.37. The quantitative estimate of drug-likeness (QED) is 0.390. The van der Waals surface area contributed by atoms with Crippen molar-refractivity contribution < 1.29 is 9.13 Å². The lowest BCUT2D eigenvalue weighted by atomic mass is 9.68. The summed E-state index contributed by atoms with van der Waals surface area (Å²) in [5.74, 6) is 4.09. The molecule has 2 heteroatoms. The fraction of sp³-hybridized carbons (Fsp3) is 0.517. The summed E-state index contributed by atoms with van der Waals surface area (Å²) in [6.07, 6.45) is 16.7. The summed E-state index contributed by atoms with van der Waals surface area (Å²) < 4.78 is 20.7. The monoisotopic (exact) mass is 420 g/mol. The highest BCUT2D eigenvalue weighted by Crippen LogP contribution is 2.42. The third-order valence-corrected chi connectivity index (χ3v) is 7.90. The van der Waals surface area contributed by atoms with Gasteiger partial charge in [0.15, 0.2) is 0 Å². The van der Waals surface area contributed by atoms with Crippen LogP contribution >= 0.6 is 0 Å². The molecule has 0 atom stereocenters. The van der Waals surface area contributed by atoms with Crippen LogP contribution in [0.4, 0.5) is 4.39 Å². The molecule has 0 aliphatic heterocycles. The molecule has 2 aromatic carbocycles. The molecule has 2 aromatic rings. The van der Waals surface area contributed by atoms with Gasteiger partial charge < -0.3 is 4.74 Å². The van der Waals surface area contributed by atoms with Gasteiger partial charge in [0.25, 0.3) is 0 Å². The number of fused-ring (bicyclic) bond motifs is 1. The van der Waals surface area contributed by atoms with E-state index in [1.807, 2.05) is 30.3 Å². The molecule has 31 heavy (non-hydrogen) atoms. The molecule has 0 unspecified atom stereocenters. The topological polar surface area (TPSA) is 9.23 Å². The molecular weight excluding hydrogens is 383 g/mol. The highest BCUT2D eigenvalue weighted by atomic mass is 19.1. The van der Waals surface area contributed by atoms with Gasteiger partial charge in [-0.15, -0.1) is 6.58 Å². The minimum Gasteiger partial charge on any atom is -0.490 e. The first kappa shape index (κ1) is 22.1. The first-order valence-electron chi connectivity index (χ1n) is 12.2. The first-order chi connectivity index (χ1) is 15.2. The van der Waals surface area contributed by atoms with Crippen LogP contribution in [0.15, 0.2) is 55.6 Å². The average molecular weight is 421 g/mol. The maximum atomic E-state index is 15.1. The fourth-order valence-electron chi connectivity index (χ4n) is 5.91. The summed E-state index contributed by atoms with van der Waals surface area (Å²) >= 11 is 0. The second-order valence-electron chi connectivity index (χ2n) is 9.75. The maximum absolute atomic E-state index is 15.1. The SMILES string of the molecule is C=CCOc1ccc2c(F)c(CCC3CCC(C4CCC(C=C)CC4)CC3)ccc2c1. The van der Waals surface area contributed by atoms with Gasteiger partial charge in [-0.2, -0.15) is 0 Å². The number of aryl methyl sites for hydroxylation is 1. The van der Waals surface area contributed by atoms with Crippen molar-refractivity contribution in [2.45, 2.75) is 64.2 Å². The lowest BCUT2D eigenvalue weighted by molar-refractivity contribution is 0.152. The van der Waals surface area contributed by atoms with Gasteiger partial charge in [0.2, 0.25) is 0 Å². The zero-order valence-electron chi connectivity index (χ0n) is 18.8. The molecule has 0 heterocycles. The number of halogens is 1. The Bertz CT molecular complexity index is 885. The van der Waals surface area contributed by atoms with Crippen LogP contribution in [0, 0.1) is 29.5 Å². The first-order valence-corrected chi connectivity index (χ1v) is 12.2.